The molecule has 0 atom stereocenters. The molecule has 0 unspecified atom stereocenters. The van der Waals surface area contributed by atoms with E-state index in [1.165, 1.54) is 6.07 Å². The zero-order valence-electron chi connectivity index (χ0n) is 10.6. The van der Waals surface area contributed by atoms with Crippen LogP contribution < -0.4 is 14.8 Å². The van der Waals surface area contributed by atoms with E-state index in [0.29, 0.717) is 18.0 Å². The number of fused-ring (bicyclic) bond motifs is 1. The number of halogens is 4. The Labute approximate surface area is 136 Å². The average Bonchev–Trinajstić information content (AvgIpc) is 2.88. The molecule has 0 saturated carbocycles. The van der Waals surface area contributed by atoms with Crippen LogP contribution in [0.2, 0.25) is 0 Å². The van der Waals surface area contributed by atoms with Crippen molar-refractivity contribution in [2.24, 2.45) is 0 Å². The molecule has 1 heterocycles. The topological polar surface area (TPSA) is 30.5 Å². The third-order valence-corrected chi connectivity index (χ3v) is 4.37. The molecule has 21 heavy (non-hydrogen) atoms. The Kier molecular flexibility index (Phi) is 4.03. The van der Waals surface area contributed by atoms with Crippen LogP contribution in [0.25, 0.3) is 0 Å². The standard InChI is InChI=1S/C14H9Br2F2NO2/c15-8-3-14-13(20-6-21-14)1-7(8)5-19-12-2-9(16)10(17)4-11(12)18/h1-4,19H,5-6H2. The van der Waals surface area contributed by atoms with Crippen LogP contribution in [0.1, 0.15) is 5.56 Å². The monoisotopic (exact) mass is 419 g/mol. The van der Waals surface area contributed by atoms with Gasteiger partial charge in [0.05, 0.1) is 10.2 Å². The van der Waals surface area contributed by atoms with Gasteiger partial charge in [0.25, 0.3) is 0 Å². The highest BCUT2D eigenvalue weighted by Crippen LogP contribution is 2.37. The van der Waals surface area contributed by atoms with E-state index < -0.39 is 11.6 Å². The van der Waals surface area contributed by atoms with E-state index in [1.807, 2.05) is 6.07 Å². The largest absolute Gasteiger partial charge is 0.454 e. The Morgan fingerprint density at radius 3 is 2.43 bits per heavy atom. The Morgan fingerprint density at radius 1 is 0.952 bits per heavy atom. The average molecular weight is 421 g/mol. The molecular weight excluding hydrogens is 412 g/mol. The normalized spacial score (nSPS) is 12.6. The van der Waals surface area contributed by atoms with Gasteiger partial charge >= 0.3 is 0 Å². The molecule has 0 aromatic heterocycles. The summed E-state index contributed by atoms with van der Waals surface area (Å²) in [5.74, 6) is 0.0342. The predicted octanol–water partition coefficient (Wildman–Crippen LogP) is 4.83. The van der Waals surface area contributed by atoms with Crippen molar-refractivity contribution in [1.29, 1.82) is 0 Å². The van der Waals surface area contributed by atoms with Crippen molar-refractivity contribution in [2.45, 2.75) is 6.54 Å². The second kappa shape index (κ2) is 5.81. The summed E-state index contributed by atoms with van der Waals surface area (Å²) < 4.78 is 38.5. The molecule has 7 heteroatoms. The minimum atomic E-state index is -0.646. The number of benzene rings is 2. The molecule has 3 nitrogen and oxygen atoms in total. The second-order valence-electron chi connectivity index (χ2n) is 4.40. The minimum Gasteiger partial charge on any atom is -0.454 e. The fraction of sp³-hybridized carbons (Fsp3) is 0.143. The van der Waals surface area contributed by atoms with Gasteiger partial charge in [0.2, 0.25) is 6.79 Å². The van der Waals surface area contributed by atoms with Crippen molar-refractivity contribution in [3.63, 3.8) is 0 Å². The van der Waals surface area contributed by atoms with Gasteiger partial charge in [-0.25, -0.2) is 8.78 Å². The quantitative estimate of drug-likeness (QED) is 0.721. The lowest BCUT2D eigenvalue weighted by molar-refractivity contribution is 0.174. The highest BCUT2D eigenvalue weighted by molar-refractivity contribution is 9.10. The maximum Gasteiger partial charge on any atom is 0.231 e. The summed E-state index contributed by atoms with van der Waals surface area (Å²) in [6, 6.07) is 5.82. The molecule has 110 valence electrons. The first-order valence-corrected chi connectivity index (χ1v) is 7.59. The lowest BCUT2D eigenvalue weighted by Crippen LogP contribution is -2.03. The molecule has 0 saturated heterocycles. The van der Waals surface area contributed by atoms with Crippen LogP contribution in [0, 0.1) is 11.6 Å². The molecule has 3 rings (SSSR count). The summed E-state index contributed by atoms with van der Waals surface area (Å²) >= 11 is 6.46. The maximum atomic E-state index is 13.7. The van der Waals surface area contributed by atoms with Gasteiger partial charge in [-0.05, 0) is 39.7 Å². The minimum absolute atomic E-state index is 0.193. The van der Waals surface area contributed by atoms with Crippen molar-refractivity contribution in [3.8, 4) is 11.5 Å². The molecule has 0 radical (unpaired) electrons. The van der Waals surface area contributed by atoms with Gasteiger partial charge in [-0.3, -0.25) is 0 Å². The molecule has 0 fully saturated rings. The van der Waals surface area contributed by atoms with E-state index in [-0.39, 0.29) is 17.0 Å². The van der Waals surface area contributed by atoms with Crippen LogP contribution in [-0.2, 0) is 6.54 Å². The fourth-order valence-electron chi connectivity index (χ4n) is 1.94. The maximum absolute atomic E-state index is 13.7. The SMILES string of the molecule is Fc1cc(F)c(NCc2cc3c(cc2Br)OCO3)cc1Br. The highest BCUT2D eigenvalue weighted by atomic mass is 79.9. The van der Waals surface area contributed by atoms with Crippen molar-refractivity contribution in [3.05, 3.63) is 50.4 Å². The zero-order chi connectivity index (χ0) is 15.0. The van der Waals surface area contributed by atoms with Gasteiger partial charge in [0.15, 0.2) is 11.5 Å². The predicted molar refractivity (Wildman–Crippen MR) is 81.6 cm³/mol. The van der Waals surface area contributed by atoms with Crippen LogP contribution >= 0.6 is 31.9 Å². The molecule has 1 N–H and O–H groups in total. The van der Waals surface area contributed by atoms with Crippen LogP contribution in [0.4, 0.5) is 14.5 Å². The first-order chi connectivity index (χ1) is 10.0. The van der Waals surface area contributed by atoms with Gasteiger partial charge in [-0.1, -0.05) is 15.9 Å². The van der Waals surface area contributed by atoms with E-state index in [1.54, 1.807) is 6.07 Å². The van der Waals surface area contributed by atoms with Crippen molar-refractivity contribution in [1.82, 2.24) is 0 Å². The molecular formula is C14H9Br2F2NO2. The summed E-state index contributed by atoms with van der Waals surface area (Å²) in [6.07, 6.45) is 0. The van der Waals surface area contributed by atoms with E-state index >= 15 is 0 Å². The lowest BCUT2D eigenvalue weighted by Gasteiger charge is -2.11. The van der Waals surface area contributed by atoms with Crippen molar-refractivity contribution >= 4 is 37.5 Å². The molecule has 0 aliphatic carbocycles. The second-order valence-corrected chi connectivity index (χ2v) is 6.11. The number of hydrogen-bond donors (Lipinski definition) is 1. The summed E-state index contributed by atoms with van der Waals surface area (Å²) in [6.45, 7) is 0.546. The van der Waals surface area contributed by atoms with E-state index in [9.17, 15) is 8.78 Å². The molecule has 0 spiro atoms. The summed E-state index contributed by atoms with van der Waals surface area (Å²) in [5.41, 5.74) is 1.09. The van der Waals surface area contributed by atoms with Gasteiger partial charge in [0.1, 0.15) is 11.6 Å². The Hall–Kier alpha value is -1.34. The first-order valence-electron chi connectivity index (χ1n) is 6.01. The molecule has 1 aliphatic heterocycles. The third-order valence-electron chi connectivity index (χ3n) is 3.02. The molecule has 2 aromatic rings. The number of hydrogen-bond acceptors (Lipinski definition) is 3. The van der Waals surface area contributed by atoms with Gasteiger partial charge in [-0.15, -0.1) is 0 Å². The van der Waals surface area contributed by atoms with Crippen LogP contribution in [0.3, 0.4) is 0 Å². The Bertz CT molecular complexity index is 710. The molecule has 0 bridgehead atoms. The van der Waals surface area contributed by atoms with Gasteiger partial charge < -0.3 is 14.8 Å². The van der Waals surface area contributed by atoms with Gasteiger partial charge in [-0.2, -0.15) is 0 Å². The number of rotatable bonds is 3. The van der Waals surface area contributed by atoms with Crippen molar-refractivity contribution in [2.75, 3.05) is 12.1 Å². The lowest BCUT2D eigenvalue weighted by atomic mass is 10.2. The Balaban J connectivity index is 1.81. The summed E-state index contributed by atoms with van der Waals surface area (Å²) in [7, 11) is 0. The number of ether oxygens (including phenoxy) is 2. The van der Waals surface area contributed by atoms with Crippen molar-refractivity contribution < 1.29 is 18.3 Å². The van der Waals surface area contributed by atoms with Crippen LogP contribution in [0.15, 0.2) is 33.2 Å². The fourth-order valence-corrected chi connectivity index (χ4v) is 2.75. The van der Waals surface area contributed by atoms with E-state index in [0.717, 1.165) is 16.1 Å². The molecule has 0 amide bonds. The Morgan fingerprint density at radius 2 is 1.67 bits per heavy atom. The smallest absolute Gasteiger partial charge is 0.231 e. The molecule has 1 aliphatic rings. The molecule has 2 aromatic carbocycles. The van der Waals surface area contributed by atoms with Crippen LogP contribution in [-0.4, -0.2) is 6.79 Å². The van der Waals surface area contributed by atoms with Gasteiger partial charge in [0, 0.05) is 17.1 Å². The van der Waals surface area contributed by atoms with E-state index in [4.69, 9.17) is 9.47 Å². The summed E-state index contributed by atoms with van der Waals surface area (Å²) in [5, 5.41) is 2.93. The summed E-state index contributed by atoms with van der Waals surface area (Å²) in [4.78, 5) is 0. The van der Waals surface area contributed by atoms with Crippen LogP contribution in [0.5, 0.6) is 11.5 Å². The number of anilines is 1. The highest BCUT2D eigenvalue weighted by Gasteiger charge is 2.16. The zero-order valence-corrected chi connectivity index (χ0v) is 13.7. The third kappa shape index (κ3) is 2.98. The van der Waals surface area contributed by atoms with E-state index in [2.05, 4.69) is 37.2 Å². The first kappa shape index (κ1) is 14.6. The number of nitrogens with one attached hydrogen (secondary N) is 1.